The molecule has 2 rings (SSSR count). The molecule has 0 unspecified atom stereocenters. The van der Waals surface area contributed by atoms with Gasteiger partial charge in [-0.25, -0.2) is 8.78 Å². The van der Waals surface area contributed by atoms with Crippen molar-refractivity contribution < 1.29 is 13.6 Å². The molecular weight excluding hydrogens is 276 g/mol. The summed E-state index contributed by atoms with van der Waals surface area (Å²) in [5, 5.41) is 5.36. The maximum Gasteiger partial charge on any atom is 0.257 e. The van der Waals surface area contributed by atoms with E-state index in [0.29, 0.717) is 18.3 Å². The minimum atomic E-state index is -0.836. The van der Waals surface area contributed by atoms with Crippen molar-refractivity contribution in [2.75, 3.05) is 17.2 Å². The van der Waals surface area contributed by atoms with Crippen molar-refractivity contribution in [1.82, 2.24) is 4.98 Å². The van der Waals surface area contributed by atoms with Crippen molar-refractivity contribution in [3.05, 3.63) is 66.5 Å². The van der Waals surface area contributed by atoms with Crippen molar-refractivity contribution in [3.8, 4) is 0 Å². The first kappa shape index (κ1) is 14.6. The van der Waals surface area contributed by atoms with Gasteiger partial charge >= 0.3 is 0 Å². The Bertz CT molecular complexity index is 674. The van der Waals surface area contributed by atoms with Crippen LogP contribution in [-0.4, -0.2) is 17.4 Å². The summed E-state index contributed by atoms with van der Waals surface area (Å²) in [7, 11) is 0. The van der Waals surface area contributed by atoms with Crippen molar-refractivity contribution in [2.45, 2.75) is 0 Å². The first-order valence-corrected chi connectivity index (χ1v) is 6.16. The molecule has 0 aliphatic carbocycles. The number of nitrogens with zero attached hydrogens (tertiary/aromatic N) is 1. The van der Waals surface area contributed by atoms with E-state index >= 15 is 0 Å². The highest BCUT2D eigenvalue weighted by molar-refractivity contribution is 6.04. The normalized spacial score (nSPS) is 10.0. The summed E-state index contributed by atoms with van der Waals surface area (Å²) in [4.78, 5) is 15.9. The first-order valence-electron chi connectivity index (χ1n) is 6.16. The second-order valence-electron chi connectivity index (χ2n) is 4.21. The van der Waals surface area contributed by atoms with E-state index in [9.17, 15) is 13.6 Å². The van der Waals surface area contributed by atoms with Gasteiger partial charge in [0, 0.05) is 25.0 Å². The summed E-state index contributed by atoms with van der Waals surface area (Å²) in [5.41, 5.74) is 0.806. The number of carbonyl (C=O) groups is 1. The molecule has 108 valence electrons. The van der Waals surface area contributed by atoms with Crippen molar-refractivity contribution in [3.63, 3.8) is 0 Å². The fraction of sp³-hybridized carbons (Fsp3) is 0.0667. The Morgan fingerprint density at radius 3 is 2.81 bits per heavy atom. The van der Waals surface area contributed by atoms with Crippen LogP contribution in [0.15, 0.2) is 49.3 Å². The van der Waals surface area contributed by atoms with Crippen LogP contribution in [0.25, 0.3) is 0 Å². The molecule has 0 aliphatic heterocycles. The van der Waals surface area contributed by atoms with Gasteiger partial charge in [-0.3, -0.25) is 9.78 Å². The van der Waals surface area contributed by atoms with E-state index in [1.807, 2.05) is 0 Å². The second-order valence-corrected chi connectivity index (χ2v) is 4.21. The van der Waals surface area contributed by atoms with E-state index in [1.54, 1.807) is 18.3 Å². The third-order valence-corrected chi connectivity index (χ3v) is 2.63. The summed E-state index contributed by atoms with van der Waals surface area (Å²) in [6.07, 6.45) is 4.58. The van der Waals surface area contributed by atoms with E-state index in [-0.39, 0.29) is 11.3 Å². The first-order chi connectivity index (χ1) is 10.1. The van der Waals surface area contributed by atoms with Crippen LogP contribution in [0.4, 0.5) is 20.2 Å². The number of benzene rings is 1. The van der Waals surface area contributed by atoms with Crippen LogP contribution in [0.3, 0.4) is 0 Å². The molecule has 0 spiro atoms. The van der Waals surface area contributed by atoms with Gasteiger partial charge < -0.3 is 10.6 Å². The lowest BCUT2D eigenvalue weighted by Crippen LogP contribution is -2.14. The molecule has 21 heavy (non-hydrogen) atoms. The number of carbonyl (C=O) groups excluding carboxylic acids is 1. The largest absolute Gasteiger partial charge is 0.380 e. The summed E-state index contributed by atoms with van der Waals surface area (Å²) in [6.45, 7) is 4.10. The Balaban J connectivity index is 2.14. The topological polar surface area (TPSA) is 54.0 Å². The van der Waals surface area contributed by atoms with Gasteiger partial charge in [0.15, 0.2) is 0 Å². The molecular formula is C15H13F2N3O. The lowest BCUT2D eigenvalue weighted by Gasteiger charge is -2.08. The Kier molecular flexibility index (Phi) is 4.61. The molecule has 6 heteroatoms. The Morgan fingerprint density at radius 1 is 1.29 bits per heavy atom. The number of halogens is 2. The minimum Gasteiger partial charge on any atom is -0.380 e. The number of pyridine rings is 1. The summed E-state index contributed by atoms with van der Waals surface area (Å²) >= 11 is 0. The highest BCUT2D eigenvalue weighted by Crippen LogP contribution is 2.17. The Labute approximate surface area is 120 Å². The van der Waals surface area contributed by atoms with Crippen LogP contribution in [0.5, 0.6) is 0 Å². The number of amides is 1. The van der Waals surface area contributed by atoms with Crippen LogP contribution >= 0.6 is 0 Å². The fourth-order valence-electron chi connectivity index (χ4n) is 1.64. The summed E-state index contributed by atoms with van der Waals surface area (Å²) in [6, 6.07) is 4.51. The molecule has 1 heterocycles. The molecule has 0 saturated heterocycles. The molecule has 2 aromatic rings. The highest BCUT2D eigenvalue weighted by atomic mass is 19.1. The van der Waals surface area contributed by atoms with Crippen LogP contribution < -0.4 is 10.6 Å². The molecule has 1 aromatic carbocycles. The number of rotatable bonds is 5. The standard InChI is InChI=1S/C15H13F2N3O/c1-2-5-19-12-6-10(8-18-9-12)15(21)20-14-4-3-11(16)7-13(14)17/h2-4,6-9,19H,1,5H2,(H,20,21). The average Bonchev–Trinajstić information content (AvgIpc) is 2.48. The van der Waals surface area contributed by atoms with E-state index < -0.39 is 17.5 Å². The zero-order chi connectivity index (χ0) is 15.2. The zero-order valence-electron chi connectivity index (χ0n) is 11.1. The maximum absolute atomic E-state index is 13.5. The van der Waals surface area contributed by atoms with E-state index in [4.69, 9.17) is 0 Å². The molecule has 0 saturated carbocycles. The molecule has 0 aliphatic rings. The molecule has 2 N–H and O–H groups in total. The third kappa shape index (κ3) is 3.85. The van der Waals surface area contributed by atoms with Gasteiger partial charge in [0.2, 0.25) is 0 Å². The predicted molar refractivity (Wildman–Crippen MR) is 77.2 cm³/mol. The van der Waals surface area contributed by atoms with Crippen molar-refractivity contribution >= 4 is 17.3 Å². The maximum atomic E-state index is 13.5. The highest BCUT2D eigenvalue weighted by Gasteiger charge is 2.11. The SMILES string of the molecule is C=CCNc1cncc(C(=O)Nc2ccc(F)cc2F)c1. The average molecular weight is 289 g/mol. The number of hydrogen-bond donors (Lipinski definition) is 2. The van der Waals surface area contributed by atoms with Crippen molar-refractivity contribution in [2.24, 2.45) is 0 Å². The number of anilines is 2. The van der Waals surface area contributed by atoms with Crippen LogP contribution in [-0.2, 0) is 0 Å². The van der Waals surface area contributed by atoms with Gasteiger partial charge in [0.1, 0.15) is 11.6 Å². The van der Waals surface area contributed by atoms with Gasteiger partial charge in [-0.1, -0.05) is 6.08 Å². The Hall–Kier alpha value is -2.76. The van der Waals surface area contributed by atoms with Gasteiger partial charge in [0.25, 0.3) is 5.91 Å². The van der Waals surface area contributed by atoms with Gasteiger partial charge in [-0.2, -0.15) is 0 Å². The lowest BCUT2D eigenvalue weighted by molar-refractivity contribution is 0.102. The zero-order valence-corrected chi connectivity index (χ0v) is 11.1. The Morgan fingerprint density at radius 2 is 2.10 bits per heavy atom. The molecule has 4 nitrogen and oxygen atoms in total. The molecule has 1 amide bonds. The third-order valence-electron chi connectivity index (χ3n) is 2.63. The summed E-state index contributed by atoms with van der Waals surface area (Å²) < 4.78 is 26.3. The molecule has 0 atom stereocenters. The van der Waals surface area contributed by atoms with Gasteiger partial charge in [-0.15, -0.1) is 6.58 Å². The van der Waals surface area contributed by atoms with Crippen LogP contribution in [0.1, 0.15) is 10.4 Å². The lowest BCUT2D eigenvalue weighted by atomic mass is 10.2. The van der Waals surface area contributed by atoms with E-state index in [1.165, 1.54) is 6.20 Å². The van der Waals surface area contributed by atoms with Crippen LogP contribution in [0, 0.1) is 11.6 Å². The predicted octanol–water partition coefficient (Wildman–Crippen LogP) is 3.21. The molecule has 0 fully saturated rings. The number of aromatic nitrogens is 1. The monoisotopic (exact) mass is 289 g/mol. The fourth-order valence-corrected chi connectivity index (χ4v) is 1.64. The van der Waals surface area contributed by atoms with Gasteiger partial charge in [-0.05, 0) is 18.2 Å². The van der Waals surface area contributed by atoms with E-state index in [0.717, 1.165) is 12.1 Å². The molecule has 1 aromatic heterocycles. The minimum absolute atomic E-state index is 0.0918. The number of hydrogen-bond acceptors (Lipinski definition) is 3. The molecule has 0 radical (unpaired) electrons. The summed E-state index contributed by atoms with van der Waals surface area (Å²) in [5.74, 6) is -2.07. The van der Waals surface area contributed by atoms with E-state index in [2.05, 4.69) is 22.2 Å². The number of nitrogens with one attached hydrogen (secondary N) is 2. The second kappa shape index (κ2) is 6.60. The van der Waals surface area contributed by atoms with Crippen molar-refractivity contribution in [1.29, 1.82) is 0 Å². The van der Waals surface area contributed by atoms with Crippen LogP contribution in [0.2, 0.25) is 0 Å². The smallest absolute Gasteiger partial charge is 0.257 e. The quantitative estimate of drug-likeness (QED) is 0.831. The van der Waals surface area contributed by atoms with Gasteiger partial charge in [0.05, 0.1) is 16.9 Å². The molecule has 0 bridgehead atoms.